The molecule has 4 saturated carbocycles. The number of hydrogen-bond donors (Lipinski definition) is 4. The van der Waals surface area contributed by atoms with Gasteiger partial charge in [-0.3, -0.25) is 0 Å². The molecule has 0 aromatic heterocycles. The molecule has 0 aromatic rings. The zero-order valence-corrected chi connectivity index (χ0v) is 19.7. The molecular weight excluding hydrogens is 384 g/mol. The van der Waals surface area contributed by atoms with Crippen molar-refractivity contribution in [3.05, 3.63) is 11.8 Å². The third-order valence-electron chi connectivity index (χ3n) is 9.74. The number of nitrogens with one attached hydrogen (secondary N) is 3. The van der Waals surface area contributed by atoms with Crippen LogP contribution < -0.4 is 10.6 Å². The van der Waals surface area contributed by atoms with Crippen molar-refractivity contribution in [3.8, 4) is 6.07 Å². The zero-order valence-electron chi connectivity index (χ0n) is 19.7. The minimum Gasteiger partial charge on any atom is -0.390 e. The third kappa shape index (κ3) is 4.31. The Balaban J connectivity index is 1.40. The first-order valence-electron chi connectivity index (χ1n) is 12.6. The van der Waals surface area contributed by atoms with Gasteiger partial charge in [-0.1, -0.05) is 6.92 Å². The molecule has 0 bridgehead atoms. The quantitative estimate of drug-likeness (QED) is 0.377. The molecule has 5 heteroatoms. The first-order chi connectivity index (χ1) is 14.8. The fourth-order valence-corrected chi connectivity index (χ4v) is 8.37. The van der Waals surface area contributed by atoms with Crippen LogP contribution in [0.4, 0.5) is 0 Å². The SMILES string of the molecule is CNC/C(C#N)=C\NCC(=N)C1CCC2C3CCC4C[C@](C)(O)CCC4C3CCC12C. The Hall–Kier alpha value is -1.38. The van der Waals surface area contributed by atoms with Crippen LogP contribution in [0.3, 0.4) is 0 Å². The van der Waals surface area contributed by atoms with Crippen molar-refractivity contribution in [3.63, 3.8) is 0 Å². The van der Waals surface area contributed by atoms with Crippen molar-refractivity contribution in [2.45, 2.75) is 77.2 Å². The normalized spacial score (nSPS) is 44.5. The Morgan fingerprint density at radius 3 is 2.58 bits per heavy atom. The molecule has 0 saturated heterocycles. The summed E-state index contributed by atoms with van der Waals surface area (Å²) in [5.41, 5.74) is 1.32. The number of likely N-dealkylation sites (N-methyl/N-ethyl adjacent to an activating group) is 1. The van der Waals surface area contributed by atoms with Gasteiger partial charge in [-0.25, -0.2) is 0 Å². The average molecular weight is 427 g/mol. The molecule has 4 aliphatic rings. The average Bonchev–Trinajstić information content (AvgIpc) is 3.09. The van der Waals surface area contributed by atoms with E-state index in [0.717, 1.165) is 54.6 Å². The van der Waals surface area contributed by atoms with Crippen LogP contribution in [-0.2, 0) is 0 Å². The molecule has 8 atom stereocenters. The largest absolute Gasteiger partial charge is 0.390 e. The molecule has 172 valence electrons. The topological polar surface area (TPSA) is 91.9 Å². The predicted molar refractivity (Wildman–Crippen MR) is 125 cm³/mol. The van der Waals surface area contributed by atoms with Gasteiger partial charge in [-0.15, -0.1) is 0 Å². The molecule has 31 heavy (non-hydrogen) atoms. The lowest BCUT2D eigenvalue weighted by Crippen LogP contribution is -2.51. The van der Waals surface area contributed by atoms with Gasteiger partial charge in [0.1, 0.15) is 0 Å². The molecule has 5 nitrogen and oxygen atoms in total. The summed E-state index contributed by atoms with van der Waals surface area (Å²) in [6.45, 7) is 5.63. The lowest BCUT2D eigenvalue weighted by Gasteiger charge is -2.57. The lowest BCUT2D eigenvalue weighted by molar-refractivity contribution is -0.0965. The molecule has 0 amide bonds. The van der Waals surface area contributed by atoms with Crippen molar-refractivity contribution in [2.24, 2.45) is 40.9 Å². The molecule has 7 unspecified atom stereocenters. The van der Waals surface area contributed by atoms with Crippen LogP contribution in [0.2, 0.25) is 0 Å². The van der Waals surface area contributed by atoms with Crippen molar-refractivity contribution in [1.29, 1.82) is 10.7 Å². The lowest BCUT2D eigenvalue weighted by atomic mass is 9.49. The highest BCUT2D eigenvalue weighted by molar-refractivity contribution is 5.87. The van der Waals surface area contributed by atoms with Crippen molar-refractivity contribution in [1.82, 2.24) is 10.6 Å². The molecule has 0 heterocycles. The van der Waals surface area contributed by atoms with Crippen LogP contribution in [0.15, 0.2) is 11.8 Å². The summed E-state index contributed by atoms with van der Waals surface area (Å²) < 4.78 is 0. The summed E-state index contributed by atoms with van der Waals surface area (Å²) >= 11 is 0. The summed E-state index contributed by atoms with van der Waals surface area (Å²) in [4.78, 5) is 0. The van der Waals surface area contributed by atoms with E-state index in [1.165, 1.54) is 38.5 Å². The third-order valence-corrected chi connectivity index (χ3v) is 9.74. The Morgan fingerprint density at radius 2 is 1.84 bits per heavy atom. The summed E-state index contributed by atoms with van der Waals surface area (Å²) in [6.07, 6.45) is 12.6. The highest BCUT2D eigenvalue weighted by Crippen LogP contribution is 2.64. The summed E-state index contributed by atoms with van der Waals surface area (Å²) in [6, 6.07) is 2.21. The van der Waals surface area contributed by atoms with E-state index in [1.54, 1.807) is 6.20 Å². The van der Waals surface area contributed by atoms with Crippen LogP contribution in [0, 0.1) is 57.7 Å². The van der Waals surface area contributed by atoms with E-state index >= 15 is 0 Å². The smallest absolute Gasteiger partial charge is 0.0976 e. The van der Waals surface area contributed by atoms with Crippen LogP contribution in [0.25, 0.3) is 0 Å². The molecule has 0 aliphatic heterocycles. The second kappa shape index (κ2) is 8.87. The van der Waals surface area contributed by atoms with Gasteiger partial charge >= 0.3 is 0 Å². The second-order valence-corrected chi connectivity index (χ2v) is 11.6. The molecular formula is C26H42N4O. The van der Waals surface area contributed by atoms with Crippen molar-refractivity contribution >= 4 is 5.71 Å². The first kappa shape index (κ1) is 22.8. The molecule has 0 spiro atoms. The summed E-state index contributed by atoms with van der Waals surface area (Å²) in [7, 11) is 1.84. The number of fused-ring (bicyclic) bond motifs is 5. The highest BCUT2D eigenvalue weighted by Gasteiger charge is 2.58. The van der Waals surface area contributed by atoms with E-state index in [-0.39, 0.29) is 5.41 Å². The Bertz CT molecular complexity index is 753. The summed E-state index contributed by atoms with van der Waals surface area (Å²) in [5.74, 6) is 4.36. The molecule has 4 rings (SSSR count). The maximum Gasteiger partial charge on any atom is 0.0976 e. The minimum absolute atomic E-state index is 0.264. The number of nitriles is 1. The van der Waals surface area contributed by atoms with E-state index in [4.69, 9.17) is 5.41 Å². The van der Waals surface area contributed by atoms with Gasteiger partial charge in [0, 0.05) is 24.4 Å². The highest BCUT2D eigenvalue weighted by atomic mass is 16.3. The maximum absolute atomic E-state index is 10.6. The predicted octanol–water partition coefficient (Wildman–Crippen LogP) is 4.24. The van der Waals surface area contributed by atoms with E-state index in [1.807, 2.05) is 14.0 Å². The van der Waals surface area contributed by atoms with Gasteiger partial charge in [0.25, 0.3) is 0 Å². The second-order valence-electron chi connectivity index (χ2n) is 11.6. The number of rotatable bonds is 6. The molecule has 4 N–H and O–H groups in total. The van der Waals surface area contributed by atoms with Gasteiger partial charge in [0.15, 0.2) is 0 Å². The van der Waals surface area contributed by atoms with Crippen LogP contribution >= 0.6 is 0 Å². The van der Waals surface area contributed by atoms with Gasteiger partial charge in [0.2, 0.25) is 0 Å². The van der Waals surface area contributed by atoms with E-state index in [9.17, 15) is 10.4 Å². The van der Waals surface area contributed by atoms with Crippen LogP contribution in [0.1, 0.15) is 71.6 Å². The van der Waals surface area contributed by atoms with E-state index < -0.39 is 5.60 Å². The minimum atomic E-state index is -0.440. The van der Waals surface area contributed by atoms with Crippen LogP contribution in [0.5, 0.6) is 0 Å². The Labute approximate surface area is 188 Å². The Kier molecular flexibility index (Phi) is 6.52. The molecule has 4 aliphatic carbocycles. The fourth-order valence-electron chi connectivity index (χ4n) is 8.37. The number of hydrogen-bond acceptors (Lipinski definition) is 5. The number of nitrogens with zero attached hydrogens (tertiary/aromatic N) is 1. The van der Waals surface area contributed by atoms with Gasteiger partial charge in [0.05, 0.1) is 23.8 Å². The zero-order chi connectivity index (χ0) is 22.2. The van der Waals surface area contributed by atoms with Crippen molar-refractivity contribution in [2.75, 3.05) is 20.1 Å². The van der Waals surface area contributed by atoms with E-state index in [0.29, 0.717) is 24.6 Å². The first-order valence-corrected chi connectivity index (χ1v) is 12.6. The van der Waals surface area contributed by atoms with Gasteiger partial charge in [-0.2, -0.15) is 5.26 Å². The molecule has 0 aromatic carbocycles. The fraction of sp³-hybridized carbons (Fsp3) is 0.846. The Morgan fingerprint density at radius 1 is 1.06 bits per heavy atom. The standard InChI is InChI=1S/C26H42N4O/c1-25(31)10-8-19-18(12-25)4-5-21-20(19)9-11-26(2)22(21)6-7-23(26)24(28)16-30-15-17(13-27)14-29-3/h15,18-23,28-31H,4-12,14,16H2,1-3H3/b17-15-,28-24?/t18?,19?,20?,21?,22?,23?,25-,26?/m1/s1. The van der Waals surface area contributed by atoms with E-state index in [2.05, 4.69) is 23.6 Å². The van der Waals surface area contributed by atoms with Crippen molar-refractivity contribution < 1.29 is 5.11 Å². The number of aliphatic hydroxyl groups is 1. The summed E-state index contributed by atoms with van der Waals surface area (Å²) in [5, 5.41) is 34.9. The van der Waals surface area contributed by atoms with Gasteiger partial charge in [-0.05, 0) is 107 Å². The maximum atomic E-state index is 10.6. The van der Waals surface area contributed by atoms with Gasteiger partial charge < -0.3 is 21.1 Å². The molecule has 0 radical (unpaired) electrons. The van der Waals surface area contributed by atoms with Crippen LogP contribution in [-0.4, -0.2) is 36.6 Å². The molecule has 4 fully saturated rings. The monoisotopic (exact) mass is 426 g/mol.